The normalized spacial score (nSPS) is 9.65. The quantitative estimate of drug-likeness (QED) is 0.650. The predicted octanol–water partition coefficient (Wildman–Crippen LogP) is 2.01. The summed E-state index contributed by atoms with van der Waals surface area (Å²) >= 11 is 0. The van der Waals surface area contributed by atoms with Crippen molar-refractivity contribution in [2.75, 3.05) is 19.5 Å². The molecule has 0 saturated heterocycles. The lowest BCUT2D eigenvalue weighted by Gasteiger charge is -2.13. The summed E-state index contributed by atoms with van der Waals surface area (Å²) in [6.07, 6.45) is 0. The van der Waals surface area contributed by atoms with Gasteiger partial charge in [0.1, 0.15) is 5.75 Å². The zero-order valence-electron chi connectivity index (χ0n) is 12.8. The van der Waals surface area contributed by atoms with E-state index in [1.807, 2.05) is 30.3 Å². The van der Waals surface area contributed by atoms with E-state index in [4.69, 9.17) is 4.74 Å². The van der Waals surface area contributed by atoms with Gasteiger partial charge in [-0.2, -0.15) is 0 Å². The Hall–Kier alpha value is -3.22. The number of rotatable bonds is 4. The summed E-state index contributed by atoms with van der Waals surface area (Å²) in [5.74, 6) is 0.321. The van der Waals surface area contributed by atoms with Crippen molar-refractivity contribution >= 4 is 23.3 Å². The van der Waals surface area contributed by atoms with Gasteiger partial charge in [0.05, 0.1) is 18.4 Å². The molecule has 0 aromatic heterocycles. The van der Waals surface area contributed by atoms with E-state index >= 15 is 0 Å². The molecule has 3 amide bonds. The Bertz CT molecular complexity index is 686. The highest BCUT2D eigenvalue weighted by Gasteiger charge is 2.11. The second-order valence-electron chi connectivity index (χ2n) is 4.56. The van der Waals surface area contributed by atoms with Crippen molar-refractivity contribution in [1.29, 1.82) is 0 Å². The highest BCUT2D eigenvalue weighted by molar-refractivity contribution is 6.00. The van der Waals surface area contributed by atoms with Crippen LogP contribution in [0.15, 0.2) is 48.5 Å². The summed E-state index contributed by atoms with van der Waals surface area (Å²) in [7, 11) is 3.06. The molecule has 0 heterocycles. The smallest absolute Gasteiger partial charge is 0.333 e. The molecule has 0 aliphatic heterocycles. The van der Waals surface area contributed by atoms with Gasteiger partial charge in [0.25, 0.3) is 5.91 Å². The van der Waals surface area contributed by atoms with Gasteiger partial charge in [-0.1, -0.05) is 12.1 Å². The zero-order valence-corrected chi connectivity index (χ0v) is 12.8. The Balaban J connectivity index is 2.13. The Kier molecular flexibility index (Phi) is 5.40. The summed E-state index contributed by atoms with van der Waals surface area (Å²) in [4.78, 5) is 23.3. The fraction of sp³-hybridized carbons (Fsp3) is 0.125. The Morgan fingerprint density at radius 3 is 2.30 bits per heavy atom. The number of para-hydroxylation sites is 1. The monoisotopic (exact) mass is 314 g/mol. The molecule has 7 nitrogen and oxygen atoms in total. The van der Waals surface area contributed by atoms with Gasteiger partial charge in [0.15, 0.2) is 0 Å². The fourth-order valence-corrected chi connectivity index (χ4v) is 1.86. The van der Waals surface area contributed by atoms with Crippen molar-refractivity contribution in [2.24, 2.45) is 0 Å². The van der Waals surface area contributed by atoms with E-state index in [-0.39, 0.29) is 0 Å². The molecule has 7 heteroatoms. The standard InChI is InChI=1S/C16H18N4O3/c1-17-16(22)20-19-15(21)13-5-3-4-6-14(13)18-11-7-9-12(23-2)10-8-11/h3-10,18H,1-2H3,(H,19,21)(H2,17,20,22). The Morgan fingerprint density at radius 2 is 1.65 bits per heavy atom. The van der Waals surface area contributed by atoms with Crippen molar-refractivity contribution in [3.63, 3.8) is 0 Å². The number of anilines is 2. The second-order valence-corrected chi connectivity index (χ2v) is 4.56. The molecule has 0 spiro atoms. The van der Waals surface area contributed by atoms with Crippen molar-refractivity contribution in [3.8, 4) is 5.75 Å². The van der Waals surface area contributed by atoms with Gasteiger partial charge in [-0.05, 0) is 36.4 Å². The van der Waals surface area contributed by atoms with Crippen LogP contribution in [0.1, 0.15) is 10.4 Å². The van der Waals surface area contributed by atoms with Crippen molar-refractivity contribution in [3.05, 3.63) is 54.1 Å². The molecule has 0 fully saturated rings. The lowest BCUT2D eigenvalue weighted by Crippen LogP contribution is -2.45. The maximum absolute atomic E-state index is 12.2. The first-order valence-corrected chi connectivity index (χ1v) is 6.92. The number of ether oxygens (including phenoxy) is 1. The third-order valence-electron chi connectivity index (χ3n) is 3.06. The lowest BCUT2D eigenvalue weighted by atomic mass is 10.1. The number of nitrogens with one attached hydrogen (secondary N) is 4. The summed E-state index contributed by atoms with van der Waals surface area (Å²) in [5, 5.41) is 5.51. The molecular formula is C16H18N4O3. The fourth-order valence-electron chi connectivity index (χ4n) is 1.86. The van der Waals surface area contributed by atoms with Crippen LogP contribution >= 0.6 is 0 Å². The number of methoxy groups -OCH3 is 1. The third kappa shape index (κ3) is 4.37. The van der Waals surface area contributed by atoms with Crippen LogP contribution in [0.5, 0.6) is 5.75 Å². The minimum Gasteiger partial charge on any atom is -0.497 e. The molecule has 120 valence electrons. The minimum atomic E-state index is -0.501. The van der Waals surface area contributed by atoms with Crippen molar-refractivity contribution in [1.82, 2.24) is 16.2 Å². The number of benzene rings is 2. The van der Waals surface area contributed by atoms with E-state index in [0.29, 0.717) is 11.3 Å². The summed E-state index contributed by atoms with van der Waals surface area (Å²) in [6.45, 7) is 0. The predicted molar refractivity (Wildman–Crippen MR) is 87.8 cm³/mol. The lowest BCUT2D eigenvalue weighted by molar-refractivity contribution is 0.0937. The van der Waals surface area contributed by atoms with Crippen LogP contribution in [-0.2, 0) is 0 Å². The highest BCUT2D eigenvalue weighted by Crippen LogP contribution is 2.22. The van der Waals surface area contributed by atoms with Gasteiger partial charge in [-0.3, -0.25) is 10.2 Å². The maximum atomic E-state index is 12.2. The van der Waals surface area contributed by atoms with Crippen LogP contribution < -0.4 is 26.2 Å². The molecule has 0 aliphatic carbocycles. The minimum absolute atomic E-state index is 0.403. The first-order valence-electron chi connectivity index (χ1n) is 6.92. The van der Waals surface area contributed by atoms with E-state index in [1.54, 1.807) is 25.3 Å². The van der Waals surface area contributed by atoms with Crippen LogP contribution in [0.3, 0.4) is 0 Å². The van der Waals surface area contributed by atoms with Crippen molar-refractivity contribution < 1.29 is 14.3 Å². The van der Waals surface area contributed by atoms with Gasteiger partial charge in [0.2, 0.25) is 0 Å². The molecule has 0 radical (unpaired) electrons. The number of carbonyl (C=O) groups is 2. The summed E-state index contributed by atoms with van der Waals surface area (Å²) in [6, 6.07) is 13.8. The van der Waals surface area contributed by atoms with Gasteiger partial charge < -0.3 is 15.4 Å². The first kappa shape index (κ1) is 16.2. The molecule has 2 aromatic carbocycles. The maximum Gasteiger partial charge on any atom is 0.333 e. The number of hydrogen-bond acceptors (Lipinski definition) is 4. The topological polar surface area (TPSA) is 91.5 Å². The number of carbonyl (C=O) groups excluding carboxylic acids is 2. The number of urea groups is 1. The van der Waals surface area contributed by atoms with E-state index in [2.05, 4.69) is 21.5 Å². The molecule has 23 heavy (non-hydrogen) atoms. The number of hydrazine groups is 1. The molecule has 2 aromatic rings. The van der Waals surface area contributed by atoms with E-state index in [9.17, 15) is 9.59 Å². The van der Waals surface area contributed by atoms with Crippen LogP contribution in [0.2, 0.25) is 0 Å². The van der Waals surface area contributed by atoms with Crippen molar-refractivity contribution in [2.45, 2.75) is 0 Å². The molecule has 2 rings (SSSR count). The first-order chi connectivity index (χ1) is 11.1. The largest absolute Gasteiger partial charge is 0.497 e. The highest BCUT2D eigenvalue weighted by atomic mass is 16.5. The Morgan fingerprint density at radius 1 is 0.957 bits per heavy atom. The average Bonchev–Trinajstić information content (AvgIpc) is 2.60. The number of hydrogen-bond donors (Lipinski definition) is 4. The van der Waals surface area contributed by atoms with Crippen LogP contribution in [-0.4, -0.2) is 26.1 Å². The van der Waals surface area contributed by atoms with E-state index in [1.165, 1.54) is 7.05 Å². The van der Waals surface area contributed by atoms with Gasteiger partial charge in [-0.15, -0.1) is 0 Å². The van der Waals surface area contributed by atoms with Crippen LogP contribution in [0.4, 0.5) is 16.2 Å². The van der Waals surface area contributed by atoms with Gasteiger partial charge >= 0.3 is 6.03 Å². The molecule has 0 unspecified atom stereocenters. The van der Waals surface area contributed by atoms with Crippen LogP contribution in [0, 0.1) is 0 Å². The van der Waals surface area contributed by atoms with E-state index < -0.39 is 11.9 Å². The zero-order chi connectivity index (χ0) is 16.7. The van der Waals surface area contributed by atoms with Gasteiger partial charge in [-0.25, -0.2) is 10.2 Å². The molecule has 4 N–H and O–H groups in total. The second kappa shape index (κ2) is 7.69. The molecular weight excluding hydrogens is 296 g/mol. The molecule has 0 aliphatic rings. The SMILES string of the molecule is CNC(=O)NNC(=O)c1ccccc1Nc1ccc(OC)cc1. The Labute approximate surface area is 134 Å². The molecule has 0 atom stereocenters. The van der Waals surface area contributed by atoms with Crippen LogP contribution in [0.25, 0.3) is 0 Å². The molecule has 0 saturated carbocycles. The van der Waals surface area contributed by atoms with Gasteiger partial charge in [0, 0.05) is 12.7 Å². The molecule has 0 bridgehead atoms. The summed E-state index contributed by atoms with van der Waals surface area (Å²) < 4.78 is 5.11. The number of amides is 3. The summed E-state index contributed by atoms with van der Waals surface area (Å²) in [5.41, 5.74) is 6.41. The van der Waals surface area contributed by atoms with E-state index in [0.717, 1.165) is 11.4 Å². The average molecular weight is 314 g/mol. The third-order valence-corrected chi connectivity index (χ3v) is 3.06.